The Labute approximate surface area is 118 Å². The number of benzene rings is 1. The third-order valence-corrected chi connectivity index (χ3v) is 4.08. The van der Waals surface area contributed by atoms with Gasteiger partial charge >= 0.3 is 0 Å². The molecule has 1 aliphatic carbocycles. The van der Waals surface area contributed by atoms with Crippen LogP contribution in [0.3, 0.4) is 0 Å². The first-order chi connectivity index (χ1) is 8.58. The van der Waals surface area contributed by atoms with Crippen molar-refractivity contribution < 1.29 is 4.79 Å². The maximum atomic E-state index is 12.0. The quantitative estimate of drug-likeness (QED) is 0.878. The molecule has 0 spiro atoms. The number of hydrogen-bond acceptors (Lipinski definition) is 1. The monoisotopic (exact) mass is 285 g/mol. The molecule has 1 aliphatic rings. The van der Waals surface area contributed by atoms with Gasteiger partial charge in [0.25, 0.3) is 0 Å². The van der Waals surface area contributed by atoms with Crippen LogP contribution in [0, 0.1) is 5.92 Å². The number of carbonyl (C=O) groups is 1. The van der Waals surface area contributed by atoms with Gasteiger partial charge in [-0.2, -0.15) is 0 Å². The molecule has 0 heterocycles. The molecular weight excluding hydrogens is 269 g/mol. The average molecular weight is 286 g/mol. The number of nitrogens with one attached hydrogen (secondary N) is 1. The maximum absolute atomic E-state index is 12.0. The van der Waals surface area contributed by atoms with E-state index in [1.54, 1.807) is 12.1 Å². The van der Waals surface area contributed by atoms with Gasteiger partial charge in [0.15, 0.2) is 0 Å². The molecule has 4 heteroatoms. The fourth-order valence-corrected chi connectivity index (χ4v) is 3.02. The Bertz CT molecular complexity index is 441. The van der Waals surface area contributed by atoms with Crippen molar-refractivity contribution in [2.75, 3.05) is 0 Å². The van der Waals surface area contributed by atoms with Crippen LogP contribution in [0.1, 0.15) is 44.2 Å². The van der Waals surface area contributed by atoms with Gasteiger partial charge in [0, 0.05) is 16.0 Å². The number of rotatable bonds is 3. The molecule has 2 rings (SSSR count). The van der Waals surface area contributed by atoms with Crippen LogP contribution in [0.4, 0.5) is 0 Å². The summed E-state index contributed by atoms with van der Waals surface area (Å²) >= 11 is 12.0. The molecular formula is C14H17Cl2NO. The Morgan fingerprint density at radius 1 is 1.33 bits per heavy atom. The normalized spacial score (nSPS) is 17.7. The molecule has 18 heavy (non-hydrogen) atoms. The van der Waals surface area contributed by atoms with Crippen molar-refractivity contribution in [2.45, 2.75) is 38.6 Å². The minimum absolute atomic E-state index is 0.0807. The fourth-order valence-electron chi connectivity index (χ4n) is 2.45. The number of amides is 1. The third kappa shape index (κ3) is 3.18. The van der Waals surface area contributed by atoms with Crippen LogP contribution in [0.5, 0.6) is 0 Å². The van der Waals surface area contributed by atoms with Crippen LogP contribution >= 0.6 is 23.2 Å². The highest BCUT2D eigenvalue weighted by Crippen LogP contribution is 2.28. The molecule has 1 N–H and O–H groups in total. The van der Waals surface area contributed by atoms with Gasteiger partial charge in [-0.1, -0.05) is 42.1 Å². The van der Waals surface area contributed by atoms with E-state index in [-0.39, 0.29) is 17.9 Å². The summed E-state index contributed by atoms with van der Waals surface area (Å²) < 4.78 is 0. The predicted octanol–water partition coefficient (Wildman–Crippen LogP) is 4.36. The molecule has 0 aromatic heterocycles. The van der Waals surface area contributed by atoms with Gasteiger partial charge in [-0.25, -0.2) is 0 Å². The second-order valence-electron chi connectivity index (χ2n) is 4.88. The van der Waals surface area contributed by atoms with Crippen molar-refractivity contribution in [3.63, 3.8) is 0 Å². The Balaban J connectivity index is 2.02. The molecule has 2 nitrogen and oxygen atoms in total. The summed E-state index contributed by atoms with van der Waals surface area (Å²) in [5.74, 6) is 0.324. The zero-order valence-electron chi connectivity index (χ0n) is 10.4. The molecule has 0 radical (unpaired) electrons. The lowest BCUT2D eigenvalue weighted by Crippen LogP contribution is -2.31. The summed E-state index contributed by atoms with van der Waals surface area (Å²) in [4.78, 5) is 12.0. The standard InChI is InChI=1S/C14H17Cl2NO/c1-9(12-7-6-11(15)8-13(12)16)17-14(18)10-4-2-3-5-10/h6-10H,2-5H2,1H3,(H,17,18)/t9-/m0/s1. The van der Waals surface area contributed by atoms with E-state index in [1.807, 2.05) is 13.0 Å². The first-order valence-corrected chi connectivity index (χ1v) is 7.09. The van der Waals surface area contributed by atoms with Crippen molar-refractivity contribution in [1.29, 1.82) is 0 Å². The van der Waals surface area contributed by atoms with Gasteiger partial charge in [0.2, 0.25) is 5.91 Å². The minimum Gasteiger partial charge on any atom is -0.349 e. The summed E-state index contributed by atoms with van der Waals surface area (Å²) in [6.45, 7) is 1.95. The summed E-state index contributed by atoms with van der Waals surface area (Å²) in [5.41, 5.74) is 0.910. The lowest BCUT2D eigenvalue weighted by Gasteiger charge is -2.18. The summed E-state index contributed by atoms with van der Waals surface area (Å²) in [7, 11) is 0. The molecule has 1 aromatic carbocycles. The summed E-state index contributed by atoms with van der Waals surface area (Å²) in [6, 6.07) is 5.28. The van der Waals surface area contributed by atoms with Crippen molar-refractivity contribution in [1.82, 2.24) is 5.32 Å². The van der Waals surface area contributed by atoms with Gasteiger partial charge in [-0.15, -0.1) is 0 Å². The number of halogens is 2. The van der Waals surface area contributed by atoms with Gasteiger partial charge < -0.3 is 5.32 Å². The van der Waals surface area contributed by atoms with E-state index in [9.17, 15) is 4.79 Å². The number of hydrogen-bond donors (Lipinski definition) is 1. The Morgan fingerprint density at radius 2 is 2.00 bits per heavy atom. The third-order valence-electron chi connectivity index (χ3n) is 3.51. The van der Waals surface area contributed by atoms with Gasteiger partial charge in [0.05, 0.1) is 6.04 Å². The van der Waals surface area contributed by atoms with Crippen LogP contribution in [0.25, 0.3) is 0 Å². The topological polar surface area (TPSA) is 29.1 Å². The molecule has 0 bridgehead atoms. The Hall–Kier alpha value is -0.730. The molecule has 1 atom stereocenters. The molecule has 0 aliphatic heterocycles. The zero-order chi connectivity index (χ0) is 13.1. The van der Waals surface area contributed by atoms with E-state index in [0.29, 0.717) is 10.0 Å². The first kappa shape index (κ1) is 13.7. The van der Waals surface area contributed by atoms with E-state index in [2.05, 4.69) is 5.32 Å². The lowest BCUT2D eigenvalue weighted by molar-refractivity contribution is -0.125. The molecule has 1 aromatic rings. The maximum Gasteiger partial charge on any atom is 0.223 e. The average Bonchev–Trinajstić information content (AvgIpc) is 2.81. The van der Waals surface area contributed by atoms with E-state index in [4.69, 9.17) is 23.2 Å². The first-order valence-electron chi connectivity index (χ1n) is 6.33. The summed E-state index contributed by atoms with van der Waals surface area (Å²) in [5, 5.41) is 4.24. The van der Waals surface area contributed by atoms with Crippen LogP contribution in [-0.4, -0.2) is 5.91 Å². The van der Waals surface area contributed by atoms with E-state index < -0.39 is 0 Å². The van der Waals surface area contributed by atoms with Crippen molar-refractivity contribution in [3.8, 4) is 0 Å². The van der Waals surface area contributed by atoms with Crippen molar-refractivity contribution >= 4 is 29.1 Å². The van der Waals surface area contributed by atoms with Crippen LogP contribution in [0.15, 0.2) is 18.2 Å². The minimum atomic E-state index is -0.0807. The highest BCUT2D eigenvalue weighted by atomic mass is 35.5. The molecule has 98 valence electrons. The SMILES string of the molecule is C[C@H](NC(=O)C1CCCC1)c1ccc(Cl)cc1Cl. The van der Waals surface area contributed by atoms with Crippen molar-refractivity contribution in [3.05, 3.63) is 33.8 Å². The smallest absolute Gasteiger partial charge is 0.223 e. The van der Waals surface area contributed by atoms with Gasteiger partial charge in [-0.05, 0) is 37.5 Å². The highest BCUT2D eigenvalue weighted by Gasteiger charge is 2.24. The predicted molar refractivity (Wildman–Crippen MR) is 75.0 cm³/mol. The number of carbonyl (C=O) groups excluding carboxylic acids is 1. The second kappa shape index (κ2) is 5.94. The molecule has 0 saturated heterocycles. The zero-order valence-corrected chi connectivity index (χ0v) is 11.9. The summed E-state index contributed by atoms with van der Waals surface area (Å²) in [6.07, 6.45) is 4.34. The van der Waals surface area contributed by atoms with Gasteiger partial charge in [-0.3, -0.25) is 4.79 Å². The lowest BCUT2D eigenvalue weighted by atomic mass is 10.0. The van der Waals surface area contributed by atoms with E-state index >= 15 is 0 Å². The molecule has 1 saturated carbocycles. The fraction of sp³-hybridized carbons (Fsp3) is 0.500. The molecule has 1 amide bonds. The van der Waals surface area contributed by atoms with Gasteiger partial charge in [0.1, 0.15) is 0 Å². The molecule has 1 fully saturated rings. The Kier molecular flexibility index (Phi) is 4.52. The Morgan fingerprint density at radius 3 is 2.61 bits per heavy atom. The largest absolute Gasteiger partial charge is 0.349 e. The van der Waals surface area contributed by atoms with Crippen LogP contribution < -0.4 is 5.32 Å². The van der Waals surface area contributed by atoms with E-state index in [1.165, 1.54) is 0 Å². The van der Waals surface area contributed by atoms with Crippen LogP contribution in [0.2, 0.25) is 10.0 Å². The van der Waals surface area contributed by atoms with Crippen molar-refractivity contribution in [2.24, 2.45) is 5.92 Å². The van der Waals surface area contributed by atoms with E-state index in [0.717, 1.165) is 31.2 Å². The highest BCUT2D eigenvalue weighted by molar-refractivity contribution is 6.35. The van der Waals surface area contributed by atoms with Crippen LogP contribution in [-0.2, 0) is 4.79 Å². The second-order valence-corrected chi connectivity index (χ2v) is 5.72. The molecule has 0 unspecified atom stereocenters.